The molecule has 0 aliphatic rings. The zero-order valence-electron chi connectivity index (χ0n) is 58.1. The molecule has 5 aromatic heterocycles. The van der Waals surface area contributed by atoms with E-state index < -0.39 is 29.6 Å². The number of hydrogen-bond acceptors (Lipinski definition) is 15. The summed E-state index contributed by atoms with van der Waals surface area (Å²) in [6.45, 7) is 9.95. The van der Waals surface area contributed by atoms with E-state index in [-0.39, 0.29) is 47.8 Å². The number of halogens is 9. The second-order valence-electron chi connectivity index (χ2n) is 24.1. The number of anilines is 5. The molecule has 546 valence electrons. The fourth-order valence-corrected chi connectivity index (χ4v) is 11.5. The number of nitrogens with one attached hydrogen (secondary N) is 5. The zero-order chi connectivity index (χ0) is 74.7. The highest BCUT2D eigenvalue weighted by molar-refractivity contribution is 5.77. The average molecular weight is 1450 g/mol. The van der Waals surface area contributed by atoms with Gasteiger partial charge >= 0.3 is 12.4 Å². The first-order valence-corrected chi connectivity index (χ1v) is 34.3. The zero-order valence-corrected chi connectivity index (χ0v) is 58.1. The Morgan fingerprint density at radius 2 is 0.613 bits per heavy atom. The van der Waals surface area contributed by atoms with Gasteiger partial charge in [0.1, 0.15) is 75.9 Å². The fourth-order valence-electron chi connectivity index (χ4n) is 11.5. The molecule has 0 spiro atoms. The summed E-state index contributed by atoms with van der Waals surface area (Å²) in [7, 11) is 0. The topological polar surface area (TPSA) is 214 Å². The molecular weight excluding hydrogens is 1380 g/mol. The molecule has 106 heavy (non-hydrogen) atoms. The molecule has 5 heterocycles. The van der Waals surface area contributed by atoms with Crippen LogP contribution in [0, 0.1) is 17.5 Å². The Balaban J connectivity index is 0.000000132. The van der Waals surface area contributed by atoms with Crippen LogP contribution in [0.5, 0.6) is 0 Å². The highest BCUT2D eigenvalue weighted by Gasteiger charge is 2.34. The largest absolute Gasteiger partial charge is 0.418 e. The van der Waals surface area contributed by atoms with E-state index in [1.54, 1.807) is 62.6 Å². The summed E-state index contributed by atoms with van der Waals surface area (Å²) in [5, 5.41) is 57.2. The molecule has 0 aliphatic heterocycles. The van der Waals surface area contributed by atoms with E-state index in [9.17, 15) is 39.5 Å². The van der Waals surface area contributed by atoms with E-state index in [0.29, 0.717) is 29.7 Å². The van der Waals surface area contributed by atoms with Crippen molar-refractivity contribution in [2.24, 2.45) is 0 Å². The number of alkyl halides is 6. The van der Waals surface area contributed by atoms with Gasteiger partial charge in [0.25, 0.3) is 0 Å². The Bertz CT molecular complexity index is 5280. The number of rotatable bonds is 20. The van der Waals surface area contributed by atoms with E-state index in [1.165, 1.54) is 48.5 Å². The number of para-hydroxylation sites is 7. The average Bonchev–Trinajstić information content (AvgIpc) is 1.64. The first-order chi connectivity index (χ1) is 51.3. The summed E-state index contributed by atoms with van der Waals surface area (Å²) < 4.78 is 127. The van der Waals surface area contributed by atoms with Crippen molar-refractivity contribution in [1.29, 1.82) is 0 Å². The predicted octanol–water partition coefficient (Wildman–Crippen LogP) is 19.7. The minimum Gasteiger partial charge on any atom is -0.364 e. The molecule has 0 aliphatic carbocycles. The summed E-state index contributed by atoms with van der Waals surface area (Å²) in [5.74, 6) is -0.765. The lowest BCUT2D eigenvalue weighted by molar-refractivity contribution is -0.138. The van der Waals surface area contributed by atoms with Crippen LogP contribution in [0.2, 0.25) is 0 Å². The lowest BCUT2D eigenvalue weighted by atomic mass is 10.1. The van der Waals surface area contributed by atoms with Crippen LogP contribution in [0.4, 0.5) is 68.0 Å². The van der Waals surface area contributed by atoms with Gasteiger partial charge in [-0.3, -0.25) is 0 Å². The summed E-state index contributed by atoms with van der Waals surface area (Å²) in [5.41, 5.74) is 9.61. The summed E-state index contributed by atoms with van der Waals surface area (Å²) in [6.07, 6.45) is -6.10. The standard InChI is InChI=1S/2C16H15F3N4.3C15H15FN4/c1-2-15(23-14-9-4-3-8-13(14)21-22-23)20-12-7-5-6-11(10-12)16(17,18)19;1-2-15(23-14-10-6-5-9-13(14)21-22-23)20-12-8-4-3-7-11(12)16(17,18)19;1-2-15(17-12-7-5-6-11(16)10-12)20-14-9-4-3-8-13(14)18-19-20;1-2-15(17-12-8-4-3-7-11(12)16)20-14-10-6-5-9-13(14)18-19-20;1-2-15(17-12-9-7-11(16)8-10-12)20-14-6-4-3-5-13(14)18-19-20/h2*3-10,15,20H,2H2,1H3;3*3-10,15,17H,2H2,1H3. The lowest BCUT2D eigenvalue weighted by Crippen LogP contribution is -2.21. The van der Waals surface area contributed by atoms with E-state index in [1.807, 2.05) is 164 Å². The van der Waals surface area contributed by atoms with Crippen LogP contribution in [0.25, 0.3) is 55.2 Å². The van der Waals surface area contributed by atoms with Crippen molar-refractivity contribution < 1.29 is 39.5 Å². The van der Waals surface area contributed by atoms with Crippen LogP contribution in [-0.2, 0) is 12.4 Å². The van der Waals surface area contributed by atoms with Crippen molar-refractivity contribution in [3.8, 4) is 0 Å². The van der Waals surface area contributed by atoms with Gasteiger partial charge < -0.3 is 26.6 Å². The number of aromatic nitrogens is 15. The second kappa shape index (κ2) is 34.7. The SMILES string of the molecule is CCC(Nc1ccc(F)cc1)n1nnc2ccccc21.CCC(Nc1cccc(C(F)(F)F)c1)n1nnc2ccccc21.CCC(Nc1cccc(F)c1)n1nnc2ccccc21.CCC(Nc1ccccc1C(F)(F)F)n1nnc2ccccc21.CCC(Nc1ccccc1F)n1nnc2ccccc21. The summed E-state index contributed by atoms with van der Waals surface area (Å²) >= 11 is 0. The lowest BCUT2D eigenvalue weighted by Gasteiger charge is -2.21. The second-order valence-corrected chi connectivity index (χ2v) is 24.1. The first kappa shape index (κ1) is 74.7. The number of fused-ring (bicyclic) bond motifs is 5. The maximum Gasteiger partial charge on any atom is 0.418 e. The Kier molecular flexibility index (Phi) is 24.5. The molecule has 0 amide bonds. The maximum absolute atomic E-state index is 13.7. The molecule has 0 radical (unpaired) electrons. The molecule has 10 aromatic carbocycles. The van der Waals surface area contributed by atoms with E-state index in [4.69, 9.17) is 0 Å². The highest BCUT2D eigenvalue weighted by atomic mass is 19.4. The number of nitrogens with zero attached hydrogens (tertiary/aromatic N) is 15. The molecule has 5 N–H and O–H groups in total. The highest BCUT2D eigenvalue weighted by Crippen LogP contribution is 2.37. The molecule has 0 bridgehead atoms. The maximum atomic E-state index is 13.7. The van der Waals surface area contributed by atoms with Gasteiger partial charge in [-0.25, -0.2) is 36.6 Å². The predicted molar refractivity (Wildman–Crippen MR) is 394 cm³/mol. The quantitative estimate of drug-likeness (QED) is 0.0449. The van der Waals surface area contributed by atoms with Gasteiger partial charge in [-0.05, 0) is 178 Å². The van der Waals surface area contributed by atoms with E-state index >= 15 is 0 Å². The molecule has 15 aromatic rings. The molecule has 5 atom stereocenters. The Labute approximate surface area is 603 Å². The van der Waals surface area contributed by atoms with Crippen molar-refractivity contribution in [2.75, 3.05) is 26.6 Å². The van der Waals surface area contributed by atoms with Gasteiger partial charge in [0.05, 0.1) is 44.4 Å². The molecular formula is C77H75F9N20. The number of hydrogen-bond donors (Lipinski definition) is 5. The molecule has 0 saturated carbocycles. The van der Waals surface area contributed by atoms with E-state index in [0.717, 1.165) is 98.5 Å². The molecule has 0 saturated heterocycles. The third kappa shape index (κ3) is 18.5. The van der Waals surface area contributed by atoms with E-state index in [2.05, 4.69) is 85.1 Å². The normalized spacial score (nSPS) is 12.8. The molecule has 5 unspecified atom stereocenters. The summed E-state index contributed by atoms with van der Waals surface area (Å²) in [4.78, 5) is 0. The van der Waals surface area contributed by atoms with Crippen molar-refractivity contribution >= 4 is 83.6 Å². The molecule has 29 heteroatoms. The van der Waals surface area contributed by atoms with Crippen LogP contribution >= 0.6 is 0 Å². The molecule has 0 fully saturated rings. The van der Waals surface area contributed by atoms with Crippen LogP contribution in [0.3, 0.4) is 0 Å². The van der Waals surface area contributed by atoms with Gasteiger partial charge in [-0.1, -0.05) is 158 Å². The minimum absolute atomic E-state index is 0.0205. The van der Waals surface area contributed by atoms with Crippen molar-refractivity contribution in [3.05, 3.63) is 271 Å². The van der Waals surface area contributed by atoms with Gasteiger partial charge in [-0.2, -0.15) is 26.3 Å². The Morgan fingerprint density at radius 3 is 0.981 bits per heavy atom. The first-order valence-electron chi connectivity index (χ1n) is 34.3. The van der Waals surface area contributed by atoms with Crippen molar-refractivity contribution in [2.45, 2.75) is 110 Å². The van der Waals surface area contributed by atoms with Crippen LogP contribution in [-0.4, -0.2) is 75.0 Å². The molecule has 20 nitrogen and oxygen atoms in total. The van der Waals surface area contributed by atoms with Gasteiger partial charge in [0.2, 0.25) is 0 Å². The van der Waals surface area contributed by atoms with Crippen LogP contribution in [0.1, 0.15) is 109 Å². The fraction of sp³-hybridized carbons (Fsp3) is 0.221. The third-order valence-corrected chi connectivity index (χ3v) is 16.9. The number of benzene rings is 10. The van der Waals surface area contributed by atoms with Crippen molar-refractivity contribution in [1.82, 2.24) is 75.0 Å². The molecule has 15 rings (SSSR count). The van der Waals surface area contributed by atoms with Crippen molar-refractivity contribution in [3.63, 3.8) is 0 Å². The Morgan fingerprint density at radius 1 is 0.292 bits per heavy atom. The smallest absolute Gasteiger partial charge is 0.364 e. The van der Waals surface area contributed by atoms with Crippen LogP contribution in [0.15, 0.2) is 243 Å². The summed E-state index contributed by atoms with van der Waals surface area (Å²) in [6, 6.07) is 68.1. The van der Waals surface area contributed by atoms with Gasteiger partial charge in [-0.15, -0.1) is 25.5 Å². The van der Waals surface area contributed by atoms with Gasteiger partial charge in [0, 0.05) is 22.7 Å². The third-order valence-electron chi connectivity index (χ3n) is 16.9. The monoisotopic (exact) mass is 1450 g/mol. The Hall–Kier alpha value is -12.4. The minimum atomic E-state index is -4.41. The van der Waals surface area contributed by atoms with Crippen LogP contribution < -0.4 is 26.6 Å². The van der Waals surface area contributed by atoms with Gasteiger partial charge in [0.15, 0.2) is 0 Å².